The molecule has 0 aliphatic carbocycles. The zero-order valence-electron chi connectivity index (χ0n) is 13.9. The van der Waals surface area contributed by atoms with Gasteiger partial charge in [-0.2, -0.15) is 0 Å². The van der Waals surface area contributed by atoms with Crippen molar-refractivity contribution in [3.05, 3.63) is 52.5 Å². The molecule has 4 heteroatoms. The van der Waals surface area contributed by atoms with E-state index in [2.05, 4.69) is 15.9 Å². The molecule has 0 saturated carbocycles. The second kappa shape index (κ2) is 7.18. The SMILES string of the molecule is CCOc1cccc(-c2cc(Br)cc(C(=O)OC(C)(C)C)c2)c1. The molecule has 0 aliphatic heterocycles. The van der Waals surface area contributed by atoms with Crippen LogP contribution in [0.1, 0.15) is 38.1 Å². The molecule has 3 nitrogen and oxygen atoms in total. The number of ether oxygens (including phenoxy) is 2. The van der Waals surface area contributed by atoms with Gasteiger partial charge in [-0.1, -0.05) is 28.1 Å². The molecular weight excluding hydrogens is 356 g/mol. The fourth-order valence-electron chi connectivity index (χ4n) is 2.14. The lowest BCUT2D eigenvalue weighted by atomic mass is 10.0. The summed E-state index contributed by atoms with van der Waals surface area (Å²) in [5.41, 5.74) is 1.92. The van der Waals surface area contributed by atoms with E-state index in [0.717, 1.165) is 21.3 Å². The van der Waals surface area contributed by atoms with Crippen molar-refractivity contribution >= 4 is 21.9 Å². The lowest BCUT2D eigenvalue weighted by Crippen LogP contribution is -2.23. The number of rotatable bonds is 4. The molecule has 0 fully saturated rings. The zero-order chi connectivity index (χ0) is 17.0. The number of benzene rings is 2. The number of hydrogen-bond donors (Lipinski definition) is 0. The average molecular weight is 377 g/mol. The van der Waals surface area contributed by atoms with Gasteiger partial charge in [-0.15, -0.1) is 0 Å². The van der Waals surface area contributed by atoms with E-state index in [1.54, 1.807) is 6.07 Å². The molecule has 0 saturated heterocycles. The van der Waals surface area contributed by atoms with Gasteiger partial charge in [0.1, 0.15) is 11.4 Å². The van der Waals surface area contributed by atoms with Gasteiger partial charge in [0.05, 0.1) is 12.2 Å². The van der Waals surface area contributed by atoms with Crippen molar-refractivity contribution in [3.8, 4) is 16.9 Å². The first-order valence-corrected chi connectivity index (χ1v) is 8.35. The van der Waals surface area contributed by atoms with Crippen LogP contribution in [0.3, 0.4) is 0 Å². The Hall–Kier alpha value is -1.81. The van der Waals surface area contributed by atoms with Crippen LogP contribution in [0.2, 0.25) is 0 Å². The van der Waals surface area contributed by atoms with Crippen LogP contribution in [0.4, 0.5) is 0 Å². The summed E-state index contributed by atoms with van der Waals surface area (Å²) in [6.45, 7) is 8.14. The summed E-state index contributed by atoms with van der Waals surface area (Å²) in [6.07, 6.45) is 0. The third-order valence-corrected chi connectivity index (χ3v) is 3.47. The summed E-state index contributed by atoms with van der Waals surface area (Å²) >= 11 is 3.47. The maximum Gasteiger partial charge on any atom is 0.338 e. The zero-order valence-corrected chi connectivity index (χ0v) is 15.4. The molecule has 0 spiro atoms. The van der Waals surface area contributed by atoms with Crippen molar-refractivity contribution in [2.24, 2.45) is 0 Å². The molecule has 0 aliphatic rings. The highest BCUT2D eigenvalue weighted by Gasteiger charge is 2.18. The van der Waals surface area contributed by atoms with E-state index in [0.29, 0.717) is 12.2 Å². The van der Waals surface area contributed by atoms with Gasteiger partial charge in [-0.3, -0.25) is 0 Å². The van der Waals surface area contributed by atoms with Gasteiger partial charge < -0.3 is 9.47 Å². The van der Waals surface area contributed by atoms with E-state index < -0.39 is 5.60 Å². The quantitative estimate of drug-likeness (QED) is 0.663. The highest BCUT2D eigenvalue weighted by Crippen LogP contribution is 2.28. The summed E-state index contributed by atoms with van der Waals surface area (Å²) in [7, 11) is 0. The first kappa shape index (κ1) is 17.5. The second-order valence-electron chi connectivity index (χ2n) is 6.19. The lowest BCUT2D eigenvalue weighted by Gasteiger charge is -2.20. The molecule has 2 aromatic rings. The minimum atomic E-state index is -0.519. The van der Waals surface area contributed by atoms with E-state index >= 15 is 0 Å². The van der Waals surface area contributed by atoms with E-state index in [1.807, 2.05) is 64.1 Å². The van der Waals surface area contributed by atoms with Crippen LogP contribution in [-0.4, -0.2) is 18.2 Å². The largest absolute Gasteiger partial charge is 0.494 e. The Bertz CT molecular complexity index is 702. The van der Waals surface area contributed by atoms with Gasteiger partial charge in [0.25, 0.3) is 0 Å². The normalized spacial score (nSPS) is 11.2. The van der Waals surface area contributed by atoms with Gasteiger partial charge in [0.2, 0.25) is 0 Å². The van der Waals surface area contributed by atoms with E-state index in [4.69, 9.17) is 9.47 Å². The number of carbonyl (C=O) groups excluding carboxylic acids is 1. The Morgan fingerprint density at radius 1 is 1.09 bits per heavy atom. The standard InChI is InChI=1S/C19H21BrO3/c1-5-22-17-8-6-7-13(12-17)14-9-15(11-16(20)10-14)18(21)23-19(2,3)4/h6-12H,5H2,1-4H3. The van der Waals surface area contributed by atoms with Crippen molar-refractivity contribution in [2.75, 3.05) is 6.61 Å². The molecule has 122 valence electrons. The molecule has 2 rings (SSSR count). The van der Waals surface area contributed by atoms with Crippen LogP contribution in [0.25, 0.3) is 11.1 Å². The summed E-state index contributed by atoms with van der Waals surface area (Å²) in [6, 6.07) is 13.4. The Morgan fingerprint density at radius 2 is 1.83 bits per heavy atom. The van der Waals surface area contributed by atoms with Crippen LogP contribution in [0.15, 0.2) is 46.9 Å². The predicted molar refractivity (Wildman–Crippen MR) is 95.9 cm³/mol. The van der Waals surface area contributed by atoms with Gasteiger partial charge in [-0.05, 0) is 69.2 Å². The molecule has 0 N–H and O–H groups in total. The summed E-state index contributed by atoms with van der Waals surface area (Å²) in [5.74, 6) is 0.477. The minimum Gasteiger partial charge on any atom is -0.494 e. The smallest absolute Gasteiger partial charge is 0.338 e. The molecule has 0 heterocycles. The van der Waals surface area contributed by atoms with Crippen molar-refractivity contribution in [1.82, 2.24) is 0 Å². The van der Waals surface area contributed by atoms with E-state index in [1.165, 1.54) is 0 Å². The molecule has 0 amide bonds. The third kappa shape index (κ3) is 5.10. The molecule has 0 bridgehead atoms. The first-order chi connectivity index (χ1) is 10.8. The Labute approximate surface area is 145 Å². The molecule has 0 aromatic heterocycles. The first-order valence-electron chi connectivity index (χ1n) is 7.55. The van der Waals surface area contributed by atoms with Crippen molar-refractivity contribution in [2.45, 2.75) is 33.3 Å². The van der Waals surface area contributed by atoms with Crippen LogP contribution in [0.5, 0.6) is 5.75 Å². The molecular formula is C19H21BrO3. The average Bonchev–Trinajstić information content (AvgIpc) is 2.45. The third-order valence-electron chi connectivity index (χ3n) is 3.01. The van der Waals surface area contributed by atoms with E-state index in [-0.39, 0.29) is 5.97 Å². The topological polar surface area (TPSA) is 35.5 Å². The van der Waals surface area contributed by atoms with Crippen LogP contribution in [-0.2, 0) is 4.74 Å². The maximum atomic E-state index is 12.3. The molecule has 23 heavy (non-hydrogen) atoms. The van der Waals surface area contributed by atoms with Gasteiger partial charge in [-0.25, -0.2) is 4.79 Å². The second-order valence-corrected chi connectivity index (χ2v) is 7.11. The lowest BCUT2D eigenvalue weighted by molar-refractivity contribution is 0.00695. The Kier molecular flexibility index (Phi) is 5.47. The minimum absolute atomic E-state index is 0.332. The number of esters is 1. The van der Waals surface area contributed by atoms with E-state index in [9.17, 15) is 4.79 Å². The van der Waals surface area contributed by atoms with Crippen LogP contribution in [0, 0.1) is 0 Å². The molecule has 2 aromatic carbocycles. The fraction of sp³-hybridized carbons (Fsp3) is 0.316. The molecule has 0 unspecified atom stereocenters. The fourth-order valence-corrected chi connectivity index (χ4v) is 2.64. The van der Waals surface area contributed by atoms with Crippen LogP contribution >= 0.6 is 15.9 Å². The summed E-state index contributed by atoms with van der Waals surface area (Å²) in [4.78, 5) is 12.3. The summed E-state index contributed by atoms with van der Waals surface area (Å²) in [5, 5.41) is 0. The van der Waals surface area contributed by atoms with Gasteiger partial charge in [0.15, 0.2) is 0 Å². The highest BCUT2D eigenvalue weighted by atomic mass is 79.9. The van der Waals surface area contributed by atoms with Crippen LogP contribution < -0.4 is 4.74 Å². The Balaban J connectivity index is 2.37. The number of halogens is 1. The number of hydrogen-bond acceptors (Lipinski definition) is 3. The maximum absolute atomic E-state index is 12.3. The molecule has 0 radical (unpaired) electrons. The highest BCUT2D eigenvalue weighted by molar-refractivity contribution is 9.10. The van der Waals surface area contributed by atoms with Crippen molar-refractivity contribution < 1.29 is 14.3 Å². The number of carbonyl (C=O) groups is 1. The predicted octanol–water partition coefficient (Wildman–Crippen LogP) is 5.47. The van der Waals surface area contributed by atoms with Gasteiger partial charge >= 0.3 is 5.97 Å². The summed E-state index contributed by atoms with van der Waals surface area (Å²) < 4.78 is 11.8. The molecule has 0 atom stereocenters. The Morgan fingerprint density at radius 3 is 2.48 bits per heavy atom. The van der Waals surface area contributed by atoms with Gasteiger partial charge in [0, 0.05) is 4.47 Å². The monoisotopic (exact) mass is 376 g/mol. The van der Waals surface area contributed by atoms with Crippen molar-refractivity contribution in [3.63, 3.8) is 0 Å². The van der Waals surface area contributed by atoms with Crippen molar-refractivity contribution in [1.29, 1.82) is 0 Å².